The molecule has 1 aliphatic heterocycles. The minimum absolute atomic E-state index is 0.624. The van der Waals surface area contributed by atoms with Crippen molar-refractivity contribution in [2.75, 3.05) is 26.7 Å². The molecule has 2 aliphatic carbocycles. The average molecular weight is 222 g/mol. The Labute approximate surface area is 99.8 Å². The van der Waals surface area contributed by atoms with Crippen LogP contribution in [0.15, 0.2) is 0 Å². The summed E-state index contributed by atoms with van der Waals surface area (Å²) in [5.41, 5.74) is 0.624. The third-order valence-electron chi connectivity index (χ3n) is 5.28. The Hall–Kier alpha value is -0.0800. The maximum absolute atomic E-state index is 3.44. The number of hydrogen-bond acceptors (Lipinski definition) is 2. The first-order valence-corrected chi connectivity index (χ1v) is 7.20. The smallest absolute Gasteiger partial charge is 0.00988 e. The molecule has 3 fully saturated rings. The van der Waals surface area contributed by atoms with Crippen LogP contribution in [0.1, 0.15) is 44.9 Å². The van der Waals surface area contributed by atoms with E-state index in [0.29, 0.717) is 5.41 Å². The molecule has 3 rings (SSSR count). The van der Waals surface area contributed by atoms with Crippen LogP contribution in [0, 0.1) is 11.3 Å². The van der Waals surface area contributed by atoms with E-state index in [0.717, 1.165) is 12.0 Å². The van der Waals surface area contributed by atoms with E-state index in [4.69, 9.17) is 0 Å². The first-order valence-electron chi connectivity index (χ1n) is 7.20. The molecule has 2 unspecified atom stereocenters. The lowest BCUT2D eigenvalue weighted by atomic mass is 9.85. The number of hydrogen-bond donors (Lipinski definition) is 1. The Balaban J connectivity index is 1.63. The summed E-state index contributed by atoms with van der Waals surface area (Å²) in [5.74, 6) is 1.05. The number of piperidine rings is 1. The van der Waals surface area contributed by atoms with Crippen molar-refractivity contribution in [3.05, 3.63) is 0 Å². The van der Waals surface area contributed by atoms with Gasteiger partial charge < -0.3 is 5.32 Å². The van der Waals surface area contributed by atoms with E-state index in [9.17, 15) is 0 Å². The fourth-order valence-electron chi connectivity index (χ4n) is 4.54. The van der Waals surface area contributed by atoms with Crippen LogP contribution < -0.4 is 5.32 Å². The molecule has 0 radical (unpaired) electrons. The van der Waals surface area contributed by atoms with Gasteiger partial charge >= 0.3 is 0 Å². The predicted molar refractivity (Wildman–Crippen MR) is 67.5 cm³/mol. The molecular weight excluding hydrogens is 196 g/mol. The van der Waals surface area contributed by atoms with E-state index in [2.05, 4.69) is 17.3 Å². The van der Waals surface area contributed by atoms with Gasteiger partial charge in [-0.1, -0.05) is 12.8 Å². The van der Waals surface area contributed by atoms with Crippen molar-refractivity contribution in [2.24, 2.45) is 11.3 Å². The lowest BCUT2D eigenvalue weighted by Gasteiger charge is -2.37. The fraction of sp³-hybridized carbons (Fsp3) is 1.00. The van der Waals surface area contributed by atoms with E-state index < -0.39 is 0 Å². The lowest BCUT2D eigenvalue weighted by molar-refractivity contribution is 0.121. The Bertz CT molecular complexity index is 245. The maximum atomic E-state index is 3.44. The summed E-state index contributed by atoms with van der Waals surface area (Å²) in [5, 5.41) is 3.44. The van der Waals surface area contributed by atoms with E-state index in [1.807, 2.05) is 0 Å². The van der Waals surface area contributed by atoms with Gasteiger partial charge in [-0.2, -0.15) is 0 Å². The Morgan fingerprint density at radius 3 is 2.62 bits per heavy atom. The van der Waals surface area contributed by atoms with Crippen LogP contribution in [0.25, 0.3) is 0 Å². The minimum atomic E-state index is 0.624. The monoisotopic (exact) mass is 222 g/mol. The van der Waals surface area contributed by atoms with Crippen molar-refractivity contribution in [1.82, 2.24) is 10.2 Å². The summed E-state index contributed by atoms with van der Waals surface area (Å²) >= 11 is 0. The molecule has 3 aliphatic rings. The summed E-state index contributed by atoms with van der Waals surface area (Å²) in [7, 11) is 2.12. The van der Waals surface area contributed by atoms with Crippen LogP contribution in [0.4, 0.5) is 0 Å². The highest BCUT2D eigenvalue weighted by atomic mass is 15.2. The van der Waals surface area contributed by atoms with Crippen molar-refractivity contribution in [3.63, 3.8) is 0 Å². The van der Waals surface area contributed by atoms with E-state index in [-0.39, 0.29) is 0 Å². The molecular formula is C14H26N2. The van der Waals surface area contributed by atoms with Crippen LogP contribution >= 0.6 is 0 Å². The zero-order valence-electron chi connectivity index (χ0n) is 10.7. The molecule has 1 saturated heterocycles. The van der Waals surface area contributed by atoms with Gasteiger partial charge in [-0.25, -0.2) is 0 Å². The lowest BCUT2D eigenvalue weighted by Crippen LogP contribution is -2.44. The van der Waals surface area contributed by atoms with Crippen LogP contribution in [0.2, 0.25) is 0 Å². The van der Waals surface area contributed by atoms with Gasteiger partial charge in [0, 0.05) is 25.7 Å². The van der Waals surface area contributed by atoms with Crippen LogP contribution in [-0.2, 0) is 0 Å². The van der Waals surface area contributed by atoms with Gasteiger partial charge in [0.25, 0.3) is 0 Å². The number of rotatable bonds is 4. The van der Waals surface area contributed by atoms with Crippen LogP contribution in [0.5, 0.6) is 0 Å². The van der Waals surface area contributed by atoms with Crippen LogP contribution in [0.3, 0.4) is 0 Å². The zero-order valence-corrected chi connectivity index (χ0v) is 10.7. The van der Waals surface area contributed by atoms with Crippen molar-refractivity contribution in [3.8, 4) is 0 Å². The third-order valence-corrected chi connectivity index (χ3v) is 5.28. The molecule has 1 N–H and O–H groups in total. The number of fused-ring (bicyclic) bond motifs is 2. The molecule has 1 heterocycles. The maximum Gasteiger partial charge on any atom is 0.00988 e. The van der Waals surface area contributed by atoms with Gasteiger partial charge in [0.1, 0.15) is 0 Å². The fourth-order valence-corrected chi connectivity index (χ4v) is 4.54. The predicted octanol–water partition coefficient (Wildman–Crippen LogP) is 2.25. The number of likely N-dealkylation sites (tertiary alicyclic amines) is 1. The van der Waals surface area contributed by atoms with Gasteiger partial charge in [-0.15, -0.1) is 0 Å². The van der Waals surface area contributed by atoms with E-state index in [1.54, 1.807) is 0 Å². The van der Waals surface area contributed by atoms with E-state index >= 15 is 0 Å². The summed E-state index contributed by atoms with van der Waals surface area (Å²) in [4.78, 5) is 2.83. The standard InChI is InChI=1S/C14H26N2/c1-15-10-14(6-2-3-7-14)11-16-9-12-4-5-13(16)8-12/h12-13,15H,2-11H2,1H3. The molecule has 0 aromatic rings. The largest absolute Gasteiger partial charge is 0.319 e. The Morgan fingerprint density at radius 2 is 2.06 bits per heavy atom. The van der Waals surface area contributed by atoms with Gasteiger partial charge in [-0.05, 0) is 50.5 Å². The van der Waals surface area contributed by atoms with Crippen molar-refractivity contribution >= 4 is 0 Å². The van der Waals surface area contributed by atoms with Crippen molar-refractivity contribution in [1.29, 1.82) is 0 Å². The average Bonchev–Trinajstić information content (AvgIpc) is 2.94. The highest BCUT2D eigenvalue weighted by Crippen LogP contribution is 2.43. The summed E-state index contributed by atoms with van der Waals surface area (Å²) in [6, 6.07) is 0.958. The second-order valence-electron chi connectivity index (χ2n) is 6.50. The molecule has 2 bridgehead atoms. The highest BCUT2D eigenvalue weighted by molar-refractivity contribution is 4.97. The molecule has 0 spiro atoms. The Kier molecular flexibility index (Phi) is 2.97. The van der Waals surface area contributed by atoms with Crippen molar-refractivity contribution in [2.45, 2.75) is 51.0 Å². The van der Waals surface area contributed by atoms with Gasteiger partial charge in [-0.3, -0.25) is 4.90 Å². The van der Waals surface area contributed by atoms with E-state index in [1.165, 1.54) is 64.6 Å². The number of nitrogens with one attached hydrogen (secondary N) is 1. The van der Waals surface area contributed by atoms with Crippen LogP contribution in [-0.4, -0.2) is 37.6 Å². The third kappa shape index (κ3) is 1.91. The summed E-state index contributed by atoms with van der Waals surface area (Å²) in [6.45, 7) is 4.03. The van der Waals surface area contributed by atoms with Crippen molar-refractivity contribution < 1.29 is 0 Å². The molecule has 0 aromatic heterocycles. The highest BCUT2D eigenvalue weighted by Gasteiger charge is 2.42. The molecule has 2 atom stereocenters. The summed E-state index contributed by atoms with van der Waals surface area (Å²) < 4.78 is 0. The normalized spacial score (nSPS) is 37.3. The quantitative estimate of drug-likeness (QED) is 0.785. The topological polar surface area (TPSA) is 15.3 Å². The SMILES string of the molecule is CNCC1(CN2CC3CCC2C3)CCCC1. The number of nitrogens with zero attached hydrogens (tertiary/aromatic N) is 1. The summed E-state index contributed by atoms with van der Waals surface area (Å²) in [6.07, 6.45) is 10.4. The second kappa shape index (κ2) is 4.30. The molecule has 16 heavy (non-hydrogen) atoms. The molecule has 0 amide bonds. The molecule has 2 saturated carbocycles. The molecule has 2 nitrogen and oxygen atoms in total. The van der Waals surface area contributed by atoms with Gasteiger partial charge in [0.15, 0.2) is 0 Å². The first-order chi connectivity index (χ1) is 7.81. The molecule has 0 aromatic carbocycles. The second-order valence-corrected chi connectivity index (χ2v) is 6.50. The Morgan fingerprint density at radius 1 is 1.25 bits per heavy atom. The molecule has 2 heteroatoms. The minimum Gasteiger partial charge on any atom is -0.319 e. The van der Waals surface area contributed by atoms with Gasteiger partial charge in [0.05, 0.1) is 0 Å². The first kappa shape index (κ1) is 11.0. The molecule has 92 valence electrons. The zero-order chi connectivity index (χ0) is 11.0. The van der Waals surface area contributed by atoms with Gasteiger partial charge in [0.2, 0.25) is 0 Å².